The average Bonchev–Trinajstić information content (AvgIpc) is 2.25. The van der Waals surface area contributed by atoms with Gasteiger partial charge in [0.25, 0.3) is 5.91 Å². The Morgan fingerprint density at radius 2 is 2.00 bits per heavy atom. The molecule has 0 aliphatic rings. The fourth-order valence-electron chi connectivity index (χ4n) is 0.962. The quantitative estimate of drug-likeness (QED) is 0.692. The first-order valence-corrected chi connectivity index (χ1v) is 5.32. The van der Waals surface area contributed by atoms with Crippen LogP contribution in [-0.4, -0.2) is 30.0 Å². The number of urea groups is 1. The lowest BCUT2D eigenvalue weighted by Crippen LogP contribution is -2.37. The molecule has 4 N–H and O–H groups in total. The SMILES string of the molecule is NC(=O)NCCNC(=O)c1ccc(Br)cn1. The highest BCUT2D eigenvalue weighted by Crippen LogP contribution is 2.06. The van der Waals surface area contributed by atoms with Gasteiger partial charge in [0.15, 0.2) is 0 Å². The zero-order chi connectivity index (χ0) is 12.0. The van der Waals surface area contributed by atoms with Crippen LogP contribution in [0.3, 0.4) is 0 Å². The summed E-state index contributed by atoms with van der Waals surface area (Å²) in [6.07, 6.45) is 1.54. The third kappa shape index (κ3) is 4.26. The van der Waals surface area contributed by atoms with Crippen molar-refractivity contribution in [2.45, 2.75) is 0 Å². The Morgan fingerprint density at radius 3 is 2.56 bits per heavy atom. The van der Waals surface area contributed by atoms with E-state index < -0.39 is 6.03 Å². The van der Waals surface area contributed by atoms with Crippen molar-refractivity contribution in [1.29, 1.82) is 0 Å². The van der Waals surface area contributed by atoms with Gasteiger partial charge in [0.2, 0.25) is 0 Å². The minimum atomic E-state index is -0.615. The molecule has 0 aliphatic heterocycles. The van der Waals surface area contributed by atoms with E-state index in [0.29, 0.717) is 12.2 Å². The lowest BCUT2D eigenvalue weighted by atomic mass is 10.3. The van der Waals surface area contributed by atoms with Crippen LogP contribution in [0.25, 0.3) is 0 Å². The molecule has 0 unspecified atom stereocenters. The van der Waals surface area contributed by atoms with Crippen LogP contribution in [0.15, 0.2) is 22.8 Å². The predicted molar refractivity (Wildman–Crippen MR) is 61.9 cm³/mol. The van der Waals surface area contributed by atoms with Crippen molar-refractivity contribution < 1.29 is 9.59 Å². The lowest BCUT2D eigenvalue weighted by molar-refractivity contribution is 0.0949. The molecule has 1 heterocycles. The van der Waals surface area contributed by atoms with Gasteiger partial charge in [-0.15, -0.1) is 0 Å². The molecule has 16 heavy (non-hydrogen) atoms. The number of pyridine rings is 1. The second-order valence-corrected chi connectivity index (χ2v) is 3.82. The maximum absolute atomic E-state index is 11.5. The highest BCUT2D eigenvalue weighted by atomic mass is 79.9. The third-order valence-electron chi connectivity index (χ3n) is 1.67. The molecule has 0 aliphatic carbocycles. The van der Waals surface area contributed by atoms with Crippen molar-refractivity contribution in [1.82, 2.24) is 15.6 Å². The second-order valence-electron chi connectivity index (χ2n) is 2.91. The Balaban J connectivity index is 2.35. The van der Waals surface area contributed by atoms with E-state index in [1.165, 1.54) is 6.20 Å². The molecule has 3 amide bonds. The van der Waals surface area contributed by atoms with Crippen molar-refractivity contribution in [3.05, 3.63) is 28.5 Å². The van der Waals surface area contributed by atoms with Gasteiger partial charge in [0.1, 0.15) is 5.69 Å². The molecule has 1 aromatic heterocycles. The van der Waals surface area contributed by atoms with Gasteiger partial charge in [-0.3, -0.25) is 4.79 Å². The van der Waals surface area contributed by atoms with Crippen molar-refractivity contribution in [2.75, 3.05) is 13.1 Å². The molecule has 0 radical (unpaired) electrons. The summed E-state index contributed by atoms with van der Waals surface area (Å²) >= 11 is 3.22. The first-order valence-electron chi connectivity index (χ1n) is 4.52. The number of nitrogens with two attached hydrogens (primary N) is 1. The molecule has 1 rings (SSSR count). The van der Waals surface area contributed by atoms with Gasteiger partial charge in [-0.1, -0.05) is 0 Å². The number of hydrogen-bond donors (Lipinski definition) is 3. The first-order chi connectivity index (χ1) is 7.59. The number of hydrogen-bond acceptors (Lipinski definition) is 3. The van der Waals surface area contributed by atoms with Crippen LogP contribution in [0.5, 0.6) is 0 Å². The van der Waals surface area contributed by atoms with Gasteiger partial charge in [-0.25, -0.2) is 9.78 Å². The van der Waals surface area contributed by atoms with E-state index in [2.05, 4.69) is 31.5 Å². The molecule has 86 valence electrons. The smallest absolute Gasteiger partial charge is 0.312 e. The molecule has 0 saturated carbocycles. The zero-order valence-electron chi connectivity index (χ0n) is 8.37. The average molecular weight is 287 g/mol. The van der Waals surface area contributed by atoms with Crippen LogP contribution in [0.2, 0.25) is 0 Å². The van der Waals surface area contributed by atoms with Crippen molar-refractivity contribution in [3.63, 3.8) is 0 Å². The van der Waals surface area contributed by atoms with E-state index in [-0.39, 0.29) is 12.5 Å². The molecular weight excluding hydrogens is 276 g/mol. The van der Waals surface area contributed by atoms with Crippen molar-refractivity contribution in [2.24, 2.45) is 5.73 Å². The summed E-state index contributed by atoms with van der Waals surface area (Å²) in [5.74, 6) is -0.293. The summed E-state index contributed by atoms with van der Waals surface area (Å²) in [7, 11) is 0. The van der Waals surface area contributed by atoms with Crippen LogP contribution in [0.1, 0.15) is 10.5 Å². The normalized spacial score (nSPS) is 9.56. The molecule has 6 nitrogen and oxygen atoms in total. The van der Waals surface area contributed by atoms with Gasteiger partial charge in [-0.05, 0) is 28.1 Å². The number of amides is 3. The van der Waals surface area contributed by atoms with Gasteiger partial charge < -0.3 is 16.4 Å². The molecule has 0 saturated heterocycles. The summed E-state index contributed by atoms with van der Waals surface area (Å²) in [4.78, 5) is 25.7. The van der Waals surface area contributed by atoms with Crippen molar-refractivity contribution >= 4 is 27.9 Å². The fraction of sp³-hybridized carbons (Fsp3) is 0.222. The molecule has 0 fully saturated rings. The van der Waals surface area contributed by atoms with E-state index >= 15 is 0 Å². The molecule has 0 bridgehead atoms. The van der Waals surface area contributed by atoms with Gasteiger partial charge in [0, 0.05) is 23.8 Å². The van der Waals surface area contributed by atoms with Crippen LogP contribution < -0.4 is 16.4 Å². The number of rotatable bonds is 4. The Labute approximate surface area is 101 Å². The molecule has 7 heteroatoms. The van der Waals surface area contributed by atoms with Gasteiger partial charge in [0.05, 0.1) is 0 Å². The highest BCUT2D eigenvalue weighted by Gasteiger charge is 2.05. The molecule has 0 atom stereocenters. The van der Waals surface area contributed by atoms with Gasteiger partial charge >= 0.3 is 6.03 Å². The third-order valence-corrected chi connectivity index (χ3v) is 2.14. The molecular formula is C9H11BrN4O2. The highest BCUT2D eigenvalue weighted by molar-refractivity contribution is 9.10. The van der Waals surface area contributed by atoms with Crippen LogP contribution in [0, 0.1) is 0 Å². The maximum atomic E-state index is 11.5. The Hall–Kier alpha value is -1.63. The van der Waals surface area contributed by atoms with Crippen LogP contribution >= 0.6 is 15.9 Å². The molecule has 1 aromatic rings. The molecule has 0 aromatic carbocycles. The first kappa shape index (κ1) is 12.4. The minimum Gasteiger partial charge on any atom is -0.352 e. The largest absolute Gasteiger partial charge is 0.352 e. The second kappa shape index (κ2) is 6.06. The number of carbonyl (C=O) groups is 2. The summed E-state index contributed by atoms with van der Waals surface area (Å²) in [5, 5.41) is 4.94. The number of aromatic nitrogens is 1. The van der Waals surface area contributed by atoms with Crippen molar-refractivity contribution in [3.8, 4) is 0 Å². The standard InChI is InChI=1S/C9H11BrN4O2/c10-6-1-2-7(14-5-6)8(15)12-3-4-13-9(11)16/h1-2,5H,3-4H2,(H,12,15)(H3,11,13,16). The van der Waals surface area contributed by atoms with E-state index in [1.54, 1.807) is 12.1 Å². The maximum Gasteiger partial charge on any atom is 0.312 e. The molecule has 0 spiro atoms. The predicted octanol–water partition coefficient (Wildman–Crippen LogP) is 0.242. The van der Waals surface area contributed by atoms with Crippen LogP contribution in [0.4, 0.5) is 4.79 Å². The topological polar surface area (TPSA) is 97.1 Å². The van der Waals surface area contributed by atoms with Gasteiger partial charge in [-0.2, -0.15) is 0 Å². The number of nitrogens with zero attached hydrogens (tertiary/aromatic N) is 1. The summed E-state index contributed by atoms with van der Waals surface area (Å²) in [6, 6.07) is 2.71. The number of carbonyl (C=O) groups excluding carboxylic acids is 2. The minimum absolute atomic E-state index is 0.289. The number of halogens is 1. The van der Waals surface area contributed by atoms with E-state index in [1.807, 2.05) is 0 Å². The number of nitrogens with one attached hydrogen (secondary N) is 2. The monoisotopic (exact) mass is 286 g/mol. The summed E-state index contributed by atoms with van der Waals surface area (Å²) in [5.41, 5.74) is 5.18. The van der Waals surface area contributed by atoms with E-state index in [0.717, 1.165) is 4.47 Å². The number of primary amides is 1. The van der Waals surface area contributed by atoms with E-state index in [9.17, 15) is 9.59 Å². The van der Waals surface area contributed by atoms with Crippen LogP contribution in [-0.2, 0) is 0 Å². The Morgan fingerprint density at radius 1 is 1.31 bits per heavy atom. The van der Waals surface area contributed by atoms with E-state index in [4.69, 9.17) is 5.73 Å². The summed E-state index contributed by atoms with van der Waals surface area (Å²) < 4.78 is 0.805. The Kier molecular flexibility index (Phi) is 4.71. The lowest BCUT2D eigenvalue weighted by Gasteiger charge is -2.04. The fourth-order valence-corrected chi connectivity index (χ4v) is 1.20. The Bertz CT molecular complexity index is 380. The zero-order valence-corrected chi connectivity index (χ0v) is 9.95. The summed E-state index contributed by atoms with van der Waals surface area (Å²) in [6.45, 7) is 0.594.